The zero-order valence-corrected chi connectivity index (χ0v) is 14.3. The van der Waals surface area contributed by atoms with E-state index in [2.05, 4.69) is 5.32 Å². The van der Waals surface area contributed by atoms with E-state index in [1.165, 1.54) is 12.1 Å². The molecule has 1 aliphatic carbocycles. The van der Waals surface area contributed by atoms with Gasteiger partial charge in [0.05, 0.1) is 11.0 Å². The number of nitro groups is 1. The molecule has 0 bridgehead atoms. The molecule has 3 rings (SSSR count). The zero-order valence-electron chi connectivity index (χ0n) is 13.6. The molecule has 1 N–H and O–H groups in total. The standard InChI is InChI=1S/C17H23ClN2O4/c18-12-7-8-16(20(21)22)15(10-12)19-13-4-3-5-14(11-13)24-17-6-1-2-9-23-17/h7-8,10,13-14,17,19H,1-6,9,11H2/t13-,14?,17+/m0/s1. The number of rotatable bonds is 5. The molecule has 3 atom stereocenters. The van der Waals surface area contributed by atoms with E-state index in [9.17, 15) is 10.1 Å². The number of hydrogen-bond acceptors (Lipinski definition) is 5. The van der Waals surface area contributed by atoms with E-state index in [1.807, 2.05) is 0 Å². The van der Waals surface area contributed by atoms with Crippen LogP contribution < -0.4 is 5.32 Å². The average molecular weight is 355 g/mol. The molecule has 1 aromatic rings. The fourth-order valence-corrected chi connectivity index (χ4v) is 3.61. The van der Waals surface area contributed by atoms with Crippen molar-refractivity contribution >= 4 is 23.0 Å². The first kappa shape index (κ1) is 17.5. The number of nitrogens with zero attached hydrogens (tertiary/aromatic N) is 1. The van der Waals surface area contributed by atoms with Gasteiger partial charge in [-0.15, -0.1) is 0 Å². The third-order valence-corrected chi connectivity index (χ3v) is 4.86. The molecule has 0 spiro atoms. The summed E-state index contributed by atoms with van der Waals surface area (Å²) >= 11 is 5.99. The molecule has 1 unspecified atom stereocenters. The highest BCUT2D eigenvalue weighted by atomic mass is 35.5. The summed E-state index contributed by atoms with van der Waals surface area (Å²) in [5, 5.41) is 15.0. The smallest absolute Gasteiger partial charge is 0.292 e. The molecule has 0 amide bonds. The molecule has 0 aromatic heterocycles. The van der Waals surface area contributed by atoms with E-state index in [0.717, 1.165) is 51.6 Å². The largest absolute Gasteiger partial charge is 0.377 e. The lowest BCUT2D eigenvalue weighted by atomic mass is 9.92. The second kappa shape index (κ2) is 8.14. The van der Waals surface area contributed by atoms with Gasteiger partial charge in [0.15, 0.2) is 6.29 Å². The van der Waals surface area contributed by atoms with Crippen LogP contribution in [0.25, 0.3) is 0 Å². The molecule has 2 fully saturated rings. The van der Waals surface area contributed by atoms with E-state index < -0.39 is 0 Å². The minimum absolute atomic E-state index is 0.0538. The molecule has 24 heavy (non-hydrogen) atoms. The lowest BCUT2D eigenvalue weighted by Gasteiger charge is -2.33. The van der Waals surface area contributed by atoms with E-state index >= 15 is 0 Å². The van der Waals surface area contributed by atoms with E-state index in [0.29, 0.717) is 10.7 Å². The third kappa shape index (κ3) is 4.59. The molecule has 132 valence electrons. The fraction of sp³-hybridized carbons (Fsp3) is 0.647. The summed E-state index contributed by atoms with van der Waals surface area (Å²) in [7, 11) is 0. The van der Waals surface area contributed by atoms with Crippen molar-refractivity contribution in [2.45, 2.75) is 63.4 Å². The van der Waals surface area contributed by atoms with Crippen LogP contribution in [0, 0.1) is 10.1 Å². The summed E-state index contributed by atoms with van der Waals surface area (Å²) in [6.07, 6.45) is 7.08. The number of anilines is 1. The van der Waals surface area contributed by atoms with E-state index in [4.69, 9.17) is 21.1 Å². The summed E-state index contributed by atoms with van der Waals surface area (Å²) in [4.78, 5) is 10.8. The highest BCUT2D eigenvalue weighted by Gasteiger charge is 2.27. The fourth-order valence-electron chi connectivity index (χ4n) is 3.44. The van der Waals surface area contributed by atoms with Gasteiger partial charge in [0.2, 0.25) is 0 Å². The first-order valence-corrected chi connectivity index (χ1v) is 8.97. The van der Waals surface area contributed by atoms with Crippen LogP contribution in [0.4, 0.5) is 11.4 Å². The van der Waals surface area contributed by atoms with Crippen molar-refractivity contribution in [1.29, 1.82) is 0 Å². The quantitative estimate of drug-likeness (QED) is 0.621. The topological polar surface area (TPSA) is 73.6 Å². The molecule has 2 aliphatic rings. The average Bonchev–Trinajstić information content (AvgIpc) is 2.56. The second-order valence-corrected chi connectivity index (χ2v) is 6.92. The van der Waals surface area contributed by atoms with E-state index in [1.54, 1.807) is 6.07 Å². The normalized spacial score (nSPS) is 27.6. The van der Waals surface area contributed by atoms with Gasteiger partial charge in [0.25, 0.3) is 5.69 Å². The van der Waals surface area contributed by atoms with Crippen molar-refractivity contribution in [3.05, 3.63) is 33.3 Å². The lowest BCUT2D eigenvalue weighted by Crippen LogP contribution is -2.35. The Hall–Kier alpha value is -1.37. The Bertz CT molecular complexity index is 578. The SMILES string of the molecule is O=[N+]([O-])c1ccc(Cl)cc1N[C@H]1CCCC(O[C@@H]2CCCCO2)C1. The van der Waals surface area contributed by atoms with Crippen LogP contribution >= 0.6 is 11.6 Å². The number of hydrogen-bond donors (Lipinski definition) is 1. The predicted octanol–water partition coefficient (Wildman–Crippen LogP) is 4.51. The van der Waals surface area contributed by atoms with Gasteiger partial charge in [-0.3, -0.25) is 10.1 Å². The van der Waals surface area contributed by atoms with Crippen LogP contribution in [-0.4, -0.2) is 30.0 Å². The maximum atomic E-state index is 11.2. The molecule has 1 heterocycles. The number of benzene rings is 1. The minimum Gasteiger partial charge on any atom is -0.377 e. The molecule has 1 aromatic carbocycles. The summed E-state index contributed by atoms with van der Waals surface area (Å²) in [5.74, 6) is 0. The molecular formula is C17H23ClN2O4. The van der Waals surface area contributed by atoms with Crippen LogP contribution in [-0.2, 0) is 9.47 Å². The monoisotopic (exact) mass is 354 g/mol. The van der Waals surface area contributed by atoms with Crippen molar-refractivity contribution in [1.82, 2.24) is 0 Å². The Morgan fingerprint density at radius 3 is 2.88 bits per heavy atom. The van der Waals surface area contributed by atoms with Gasteiger partial charge >= 0.3 is 0 Å². The Morgan fingerprint density at radius 2 is 2.12 bits per heavy atom. The molecule has 7 heteroatoms. The summed E-state index contributed by atoms with van der Waals surface area (Å²) in [6, 6.07) is 4.74. The number of ether oxygens (including phenoxy) is 2. The third-order valence-electron chi connectivity index (χ3n) is 4.62. The molecule has 6 nitrogen and oxygen atoms in total. The van der Waals surface area contributed by atoms with Gasteiger partial charge in [0, 0.05) is 23.7 Å². The molecule has 1 saturated carbocycles. The maximum absolute atomic E-state index is 11.2. The van der Waals surface area contributed by atoms with Crippen LogP contribution in [0.1, 0.15) is 44.9 Å². The summed E-state index contributed by atoms with van der Waals surface area (Å²) in [6.45, 7) is 0.772. The summed E-state index contributed by atoms with van der Waals surface area (Å²) in [5.41, 5.74) is 0.533. The van der Waals surface area contributed by atoms with Crippen molar-refractivity contribution in [3.8, 4) is 0 Å². The van der Waals surface area contributed by atoms with Gasteiger partial charge in [0.1, 0.15) is 5.69 Å². The first-order valence-electron chi connectivity index (χ1n) is 8.59. The second-order valence-electron chi connectivity index (χ2n) is 6.48. The van der Waals surface area contributed by atoms with Gasteiger partial charge < -0.3 is 14.8 Å². The predicted molar refractivity (Wildman–Crippen MR) is 92.4 cm³/mol. The number of nitrogens with one attached hydrogen (secondary N) is 1. The number of halogens is 1. The molecule has 0 radical (unpaired) electrons. The van der Waals surface area contributed by atoms with E-state index in [-0.39, 0.29) is 29.0 Å². The molecule has 1 saturated heterocycles. The van der Waals surface area contributed by atoms with Crippen molar-refractivity contribution in [3.63, 3.8) is 0 Å². The van der Waals surface area contributed by atoms with Gasteiger partial charge in [-0.1, -0.05) is 11.6 Å². The Labute approximate surface area is 146 Å². The summed E-state index contributed by atoms with van der Waals surface area (Å²) < 4.78 is 11.7. The highest BCUT2D eigenvalue weighted by molar-refractivity contribution is 6.31. The molecular weight excluding hydrogens is 332 g/mol. The van der Waals surface area contributed by atoms with Gasteiger partial charge in [-0.2, -0.15) is 0 Å². The Kier molecular flexibility index (Phi) is 5.92. The zero-order chi connectivity index (χ0) is 16.9. The molecule has 1 aliphatic heterocycles. The first-order chi connectivity index (χ1) is 11.6. The van der Waals surface area contributed by atoms with Crippen LogP contribution in [0.5, 0.6) is 0 Å². The van der Waals surface area contributed by atoms with Crippen molar-refractivity contribution < 1.29 is 14.4 Å². The van der Waals surface area contributed by atoms with Gasteiger partial charge in [-0.25, -0.2) is 0 Å². The van der Waals surface area contributed by atoms with Gasteiger partial charge in [-0.05, 0) is 57.1 Å². The van der Waals surface area contributed by atoms with Crippen LogP contribution in [0.2, 0.25) is 5.02 Å². The Balaban J connectivity index is 1.61. The maximum Gasteiger partial charge on any atom is 0.292 e. The number of nitro benzene ring substituents is 1. The van der Waals surface area contributed by atoms with Crippen LogP contribution in [0.15, 0.2) is 18.2 Å². The minimum atomic E-state index is -0.384. The van der Waals surface area contributed by atoms with Crippen molar-refractivity contribution in [2.75, 3.05) is 11.9 Å². The lowest BCUT2D eigenvalue weighted by molar-refractivity contribution is -0.384. The Morgan fingerprint density at radius 1 is 1.25 bits per heavy atom. The highest BCUT2D eigenvalue weighted by Crippen LogP contribution is 2.32. The van der Waals surface area contributed by atoms with Crippen LogP contribution in [0.3, 0.4) is 0 Å². The van der Waals surface area contributed by atoms with Crippen molar-refractivity contribution in [2.24, 2.45) is 0 Å².